The smallest absolute Gasteiger partial charge is 0.413 e. The number of aryl methyl sites for hydroxylation is 1. The molecule has 188 valence electrons. The van der Waals surface area contributed by atoms with E-state index in [2.05, 4.69) is 22.5 Å². The van der Waals surface area contributed by atoms with Crippen LogP contribution in [0.2, 0.25) is 5.02 Å². The molecule has 10 heteroatoms. The van der Waals surface area contributed by atoms with Crippen molar-refractivity contribution in [2.75, 3.05) is 5.32 Å². The molecule has 3 heterocycles. The van der Waals surface area contributed by atoms with Crippen molar-refractivity contribution in [1.29, 1.82) is 0 Å². The first kappa shape index (κ1) is 25.0. The maximum Gasteiger partial charge on any atom is 0.413 e. The van der Waals surface area contributed by atoms with Gasteiger partial charge in [0.25, 0.3) is 0 Å². The number of rotatable bonds is 7. The lowest BCUT2D eigenvalue weighted by atomic mass is 10.1. The number of anilines is 1. The molecule has 0 saturated carbocycles. The highest BCUT2D eigenvalue weighted by Gasteiger charge is 2.19. The van der Waals surface area contributed by atoms with Gasteiger partial charge in [-0.1, -0.05) is 54.1 Å². The second-order valence-electron chi connectivity index (χ2n) is 8.44. The first-order valence-electron chi connectivity index (χ1n) is 11.4. The van der Waals surface area contributed by atoms with Gasteiger partial charge >= 0.3 is 12.1 Å². The van der Waals surface area contributed by atoms with Gasteiger partial charge < -0.3 is 9.84 Å². The van der Waals surface area contributed by atoms with Crippen LogP contribution in [0.4, 0.5) is 10.6 Å². The highest BCUT2D eigenvalue weighted by atomic mass is 35.5. The van der Waals surface area contributed by atoms with Gasteiger partial charge in [-0.3, -0.25) is 14.8 Å². The Hall–Kier alpha value is -3.66. The summed E-state index contributed by atoms with van der Waals surface area (Å²) >= 11 is 9.54. The van der Waals surface area contributed by atoms with Crippen LogP contribution in [-0.4, -0.2) is 26.9 Å². The van der Waals surface area contributed by atoms with Gasteiger partial charge in [-0.2, -0.15) is 5.10 Å². The van der Waals surface area contributed by atoms with Crippen LogP contribution in [0.5, 0.6) is 0 Å². The lowest BCUT2D eigenvalue weighted by Crippen LogP contribution is -2.18. The fourth-order valence-electron chi connectivity index (χ4n) is 3.96. The standard InChI is InChI=1S/C27H22ClN3O4S2/c1-15(16-6-4-3-5-7-16)35-27(34)30-26-19(14-29-31(26)2)22-13-24-23(37-22)12-21(36-24)18-9-8-17(11-25(32)33)20(28)10-18/h3-10,12-15H,11H2,1-2H3,(H,30,34)(H,32,33). The van der Waals surface area contributed by atoms with Crippen molar-refractivity contribution in [3.8, 4) is 20.9 Å². The summed E-state index contributed by atoms with van der Waals surface area (Å²) in [7, 11) is 1.77. The van der Waals surface area contributed by atoms with Gasteiger partial charge in [0.2, 0.25) is 0 Å². The number of carbonyl (C=O) groups is 2. The van der Waals surface area contributed by atoms with Gasteiger partial charge in [-0.25, -0.2) is 4.79 Å². The average molecular weight is 552 g/mol. The Labute approximate surface area is 225 Å². The molecular weight excluding hydrogens is 530 g/mol. The van der Waals surface area contributed by atoms with E-state index in [4.69, 9.17) is 21.4 Å². The van der Waals surface area contributed by atoms with Crippen molar-refractivity contribution in [3.05, 3.63) is 83.0 Å². The minimum Gasteiger partial charge on any atom is -0.481 e. The van der Waals surface area contributed by atoms with E-state index in [0.29, 0.717) is 16.4 Å². The Morgan fingerprint density at radius 3 is 2.49 bits per heavy atom. The number of hydrogen-bond donors (Lipinski definition) is 2. The lowest BCUT2D eigenvalue weighted by molar-refractivity contribution is -0.136. The monoisotopic (exact) mass is 551 g/mol. The van der Waals surface area contributed by atoms with Crippen LogP contribution >= 0.6 is 34.3 Å². The van der Waals surface area contributed by atoms with Crippen LogP contribution in [-0.2, 0) is 23.0 Å². The summed E-state index contributed by atoms with van der Waals surface area (Å²) in [5.74, 6) is -0.359. The number of halogens is 1. The van der Waals surface area contributed by atoms with E-state index < -0.39 is 18.2 Å². The van der Waals surface area contributed by atoms with Crippen molar-refractivity contribution in [3.63, 3.8) is 0 Å². The summed E-state index contributed by atoms with van der Waals surface area (Å²) in [4.78, 5) is 25.7. The molecular formula is C27H22ClN3O4S2. The molecule has 0 saturated heterocycles. The highest BCUT2D eigenvalue weighted by molar-refractivity contribution is 7.31. The van der Waals surface area contributed by atoms with Crippen molar-refractivity contribution in [1.82, 2.24) is 9.78 Å². The van der Waals surface area contributed by atoms with Gasteiger partial charge in [0.15, 0.2) is 0 Å². The number of thiophene rings is 2. The van der Waals surface area contributed by atoms with Crippen molar-refractivity contribution >= 4 is 61.6 Å². The number of benzene rings is 2. The Morgan fingerprint density at radius 2 is 1.78 bits per heavy atom. The minimum absolute atomic E-state index is 0.109. The third-order valence-electron chi connectivity index (χ3n) is 5.86. The predicted molar refractivity (Wildman–Crippen MR) is 149 cm³/mol. The van der Waals surface area contributed by atoms with E-state index in [1.807, 2.05) is 43.3 Å². The Balaban J connectivity index is 1.35. The molecule has 1 amide bonds. The molecule has 0 aliphatic carbocycles. The minimum atomic E-state index is -0.915. The van der Waals surface area contributed by atoms with Gasteiger partial charge in [0.1, 0.15) is 11.9 Å². The third kappa shape index (κ3) is 5.39. The number of carboxylic acid groups (broad SMARTS) is 1. The first-order valence-corrected chi connectivity index (χ1v) is 13.4. The molecule has 0 aliphatic heterocycles. The molecule has 7 nitrogen and oxygen atoms in total. The number of ether oxygens (including phenoxy) is 1. The molecule has 3 aromatic heterocycles. The molecule has 5 aromatic rings. The van der Waals surface area contributed by atoms with Crippen molar-refractivity contribution < 1.29 is 19.4 Å². The van der Waals surface area contributed by atoms with Crippen LogP contribution in [0.3, 0.4) is 0 Å². The number of aliphatic carboxylic acids is 1. The summed E-state index contributed by atoms with van der Waals surface area (Å²) in [6.07, 6.45) is 0.676. The summed E-state index contributed by atoms with van der Waals surface area (Å²) in [6.45, 7) is 1.83. The van der Waals surface area contributed by atoms with E-state index in [1.165, 1.54) is 0 Å². The molecule has 0 spiro atoms. The second-order valence-corrected chi connectivity index (χ2v) is 11.0. The number of nitrogens with zero attached hydrogens (tertiary/aromatic N) is 2. The largest absolute Gasteiger partial charge is 0.481 e. The van der Waals surface area contributed by atoms with E-state index >= 15 is 0 Å². The summed E-state index contributed by atoms with van der Waals surface area (Å²) in [6, 6.07) is 19.2. The number of amides is 1. The number of hydrogen-bond acceptors (Lipinski definition) is 6. The summed E-state index contributed by atoms with van der Waals surface area (Å²) in [5.41, 5.74) is 3.25. The number of carboxylic acids is 1. The molecule has 5 rings (SSSR count). The fraction of sp³-hybridized carbons (Fsp3) is 0.148. The molecule has 0 radical (unpaired) electrons. The highest BCUT2D eigenvalue weighted by Crippen LogP contribution is 2.43. The molecule has 1 atom stereocenters. The van der Waals surface area contributed by atoms with Gasteiger partial charge in [-0.05, 0) is 41.8 Å². The molecule has 0 fully saturated rings. The quantitative estimate of drug-likeness (QED) is 0.217. The summed E-state index contributed by atoms with van der Waals surface area (Å²) in [5, 5.41) is 16.7. The zero-order valence-electron chi connectivity index (χ0n) is 19.9. The van der Waals surface area contributed by atoms with Crippen LogP contribution in [0.15, 0.2) is 66.9 Å². The van der Waals surface area contributed by atoms with Crippen molar-refractivity contribution in [2.45, 2.75) is 19.4 Å². The van der Waals surface area contributed by atoms with Crippen LogP contribution in [0.25, 0.3) is 30.3 Å². The van der Waals surface area contributed by atoms with Gasteiger partial charge in [-0.15, -0.1) is 22.7 Å². The van der Waals surface area contributed by atoms with Gasteiger partial charge in [0.05, 0.1) is 18.2 Å². The zero-order valence-corrected chi connectivity index (χ0v) is 22.3. The first-order chi connectivity index (χ1) is 17.8. The van der Waals surface area contributed by atoms with E-state index in [0.717, 1.165) is 35.8 Å². The maximum atomic E-state index is 12.7. The van der Waals surface area contributed by atoms with Crippen LogP contribution in [0.1, 0.15) is 24.2 Å². The number of fused-ring (bicyclic) bond motifs is 1. The maximum absolute atomic E-state index is 12.7. The van der Waals surface area contributed by atoms with Crippen LogP contribution < -0.4 is 5.32 Å². The Kier molecular flexibility index (Phi) is 7.01. The molecule has 2 aromatic carbocycles. The fourth-order valence-corrected chi connectivity index (χ4v) is 6.61. The van der Waals surface area contributed by atoms with E-state index in [9.17, 15) is 9.59 Å². The summed E-state index contributed by atoms with van der Waals surface area (Å²) < 4.78 is 9.38. The average Bonchev–Trinajstić information content (AvgIpc) is 3.54. The van der Waals surface area contributed by atoms with E-state index in [1.54, 1.807) is 52.7 Å². The SMILES string of the molecule is CC(OC(=O)Nc1c(-c2cc3sc(-c4ccc(CC(=O)O)c(Cl)c4)cc3s2)cnn1C)c1ccccc1. The van der Waals surface area contributed by atoms with Gasteiger partial charge in [0, 0.05) is 31.2 Å². The molecule has 1 unspecified atom stereocenters. The number of nitrogens with one attached hydrogen (secondary N) is 1. The van der Waals surface area contributed by atoms with E-state index in [-0.39, 0.29) is 6.42 Å². The second kappa shape index (κ2) is 10.4. The predicted octanol–water partition coefficient (Wildman–Crippen LogP) is 7.62. The zero-order chi connectivity index (χ0) is 26.1. The molecule has 0 aliphatic rings. The molecule has 0 bridgehead atoms. The number of aromatic nitrogens is 2. The molecule has 2 N–H and O–H groups in total. The van der Waals surface area contributed by atoms with Crippen molar-refractivity contribution in [2.24, 2.45) is 7.05 Å². The number of carbonyl (C=O) groups excluding carboxylic acids is 1. The van der Waals surface area contributed by atoms with Crippen LogP contribution in [0, 0.1) is 0 Å². The normalized spacial score (nSPS) is 12.0. The lowest BCUT2D eigenvalue weighted by Gasteiger charge is -2.14. The Bertz CT molecular complexity index is 1580. The molecule has 37 heavy (non-hydrogen) atoms. The third-order valence-corrected chi connectivity index (χ3v) is 8.59. The Morgan fingerprint density at radius 1 is 1.08 bits per heavy atom. The topological polar surface area (TPSA) is 93.4 Å².